The smallest absolute Gasteiger partial charge is 0.223 e. The number of hydrogen-bond acceptors (Lipinski definition) is 8. The molecule has 9 nitrogen and oxygen atoms in total. The van der Waals surface area contributed by atoms with Crippen LogP contribution in [0.15, 0.2) is 30.7 Å². The monoisotopic (exact) mass is 340 g/mol. The highest BCUT2D eigenvalue weighted by molar-refractivity contribution is 5.79. The predicted octanol–water partition coefficient (Wildman–Crippen LogP) is 0.900. The van der Waals surface area contributed by atoms with E-state index in [4.69, 9.17) is 16.2 Å². The molecule has 9 heteroatoms. The number of ether oxygens (including phenoxy) is 1. The molecule has 25 heavy (non-hydrogen) atoms. The minimum Gasteiger partial charge on any atom is -0.493 e. The fourth-order valence-electron chi connectivity index (χ4n) is 2.42. The number of pyridine rings is 1. The van der Waals surface area contributed by atoms with Crippen molar-refractivity contribution in [3.8, 4) is 28.3 Å². The maximum absolute atomic E-state index is 5.80. The second-order valence-corrected chi connectivity index (χ2v) is 5.36. The summed E-state index contributed by atoms with van der Waals surface area (Å²) in [7, 11) is 3.40. The second kappa shape index (κ2) is 7.14. The van der Waals surface area contributed by atoms with Crippen LogP contribution in [0.3, 0.4) is 0 Å². The van der Waals surface area contributed by atoms with Crippen LogP contribution in [-0.4, -0.2) is 44.9 Å². The van der Waals surface area contributed by atoms with E-state index in [1.165, 1.54) is 0 Å². The summed E-state index contributed by atoms with van der Waals surface area (Å²) in [6.07, 6.45) is 5.26. The summed E-state index contributed by atoms with van der Waals surface area (Å²) in [5.74, 6) is 1.35. The van der Waals surface area contributed by atoms with Crippen molar-refractivity contribution >= 4 is 11.8 Å². The third-order valence-electron chi connectivity index (χ3n) is 3.56. The number of aromatic nitrogens is 5. The molecule has 0 aliphatic rings. The average molecular weight is 340 g/mol. The molecule has 0 saturated heterocycles. The van der Waals surface area contributed by atoms with Gasteiger partial charge in [-0.2, -0.15) is 5.10 Å². The zero-order chi connectivity index (χ0) is 17.8. The highest BCUT2D eigenvalue weighted by Crippen LogP contribution is 2.32. The third kappa shape index (κ3) is 3.50. The van der Waals surface area contributed by atoms with Crippen molar-refractivity contribution in [2.24, 2.45) is 12.8 Å². The van der Waals surface area contributed by atoms with Gasteiger partial charge >= 0.3 is 0 Å². The van der Waals surface area contributed by atoms with Crippen molar-refractivity contribution in [2.75, 3.05) is 31.2 Å². The minimum absolute atomic E-state index is 0.332. The summed E-state index contributed by atoms with van der Waals surface area (Å²) in [4.78, 5) is 12.9. The molecule has 0 amide bonds. The highest BCUT2D eigenvalue weighted by atomic mass is 16.5. The first kappa shape index (κ1) is 16.7. The molecule has 130 valence electrons. The number of nitrogen functional groups attached to an aromatic ring is 1. The van der Waals surface area contributed by atoms with Crippen molar-refractivity contribution in [1.29, 1.82) is 0 Å². The summed E-state index contributed by atoms with van der Waals surface area (Å²) in [5, 5.41) is 7.61. The SMILES string of the molecule is COc1cc(-c2nn(C)cc2-c2ccnc(NCCN)n2)cnc1N. The topological polar surface area (TPSA) is 130 Å². The van der Waals surface area contributed by atoms with Gasteiger partial charge in [-0.15, -0.1) is 0 Å². The molecule has 3 aromatic rings. The standard InChI is InChI=1S/C16H20N8O/c1-24-9-11(12-3-5-19-16(22-12)20-6-4-17)14(23-24)10-7-13(25-2)15(18)21-8-10/h3,5,7-9H,4,6,17H2,1-2H3,(H2,18,21)(H,19,20,22). The van der Waals surface area contributed by atoms with Crippen LogP contribution < -0.4 is 21.5 Å². The zero-order valence-corrected chi connectivity index (χ0v) is 14.1. The van der Waals surface area contributed by atoms with Crippen LogP contribution >= 0.6 is 0 Å². The number of methoxy groups -OCH3 is 1. The van der Waals surface area contributed by atoms with Crippen LogP contribution in [0.5, 0.6) is 5.75 Å². The third-order valence-corrected chi connectivity index (χ3v) is 3.56. The van der Waals surface area contributed by atoms with Gasteiger partial charge in [0.2, 0.25) is 5.95 Å². The molecule has 5 N–H and O–H groups in total. The van der Waals surface area contributed by atoms with Gasteiger partial charge in [-0.25, -0.2) is 15.0 Å². The van der Waals surface area contributed by atoms with Crippen LogP contribution in [0.4, 0.5) is 11.8 Å². The van der Waals surface area contributed by atoms with Crippen LogP contribution in [-0.2, 0) is 7.05 Å². The molecule has 0 aliphatic carbocycles. The Morgan fingerprint density at radius 3 is 2.92 bits per heavy atom. The maximum atomic E-state index is 5.80. The molecule has 0 bridgehead atoms. The van der Waals surface area contributed by atoms with Gasteiger partial charge in [0, 0.05) is 49.9 Å². The number of nitrogens with zero attached hydrogens (tertiary/aromatic N) is 5. The molecule has 0 spiro atoms. The number of nitrogens with one attached hydrogen (secondary N) is 1. The summed E-state index contributed by atoms with van der Waals surface area (Å²) < 4.78 is 6.98. The molecule has 0 saturated carbocycles. The molecule has 0 aliphatic heterocycles. The molecule has 0 aromatic carbocycles. The minimum atomic E-state index is 0.332. The number of hydrogen-bond donors (Lipinski definition) is 3. The fraction of sp³-hybridized carbons (Fsp3) is 0.250. The fourth-order valence-corrected chi connectivity index (χ4v) is 2.42. The lowest BCUT2D eigenvalue weighted by molar-refractivity contribution is 0.415. The van der Waals surface area contributed by atoms with E-state index in [-0.39, 0.29) is 0 Å². The molecule has 0 atom stereocenters. The van der Waals surface area contributed by atoms with E-state index in [2.05, 4.69) is 25.4 Å². The zero-order valence-electron chi connectivity index (χ0n) is 14.1. The number of rotatable bonds is 6. The Labute approximate surface area is 145 Å². The van der Waals surface area contributed by atoms with Gasteiger partial charge in [-0.1, -0.05) is 0 Å². The van der Waals surface area contributed by atoms with E-state index >= 15 is 0 Å². The molecule has 3 aromatic heterocycles. The van der Waals surface area contributed by atoms with E-state index in [9.17, 15) is 0 Å². The van der Waals surface area contributed by atoms with E-state index in [0.717, 1.165) is 22.5 Å². The van der Waals surface area contributed by atoms with Crippen molar-refractivity contribution in [2.45, 2.75) is 0 Å². The van der Waals surface area contributed by atoms with E-state index in [1.54, 1.807) is 24.2 Å². The Balaban J connectivity index is 2.05. The first-order valence-electron chi connectivity index (χ1n) is 7.73. The molecule has 0 fully saturated rings. The van der Waals surface area contributed by atoms with Gasteiger partial charge in [-0.05, 0) is 12.1 Å². The molecule has 3 rings (SSSR count). The molecule has 3 heterocycles. The van der Waals surface area contributed by atoms with E-state index < -0.39 is 0 Å². The Morgan fingerprint density at radius 2 is 2.16 bits per heavy atom. The first-order chi connectivity index (χ1) is 12.1. The number of nitrogens with two attached hydrogens (primary N) is 2. The van der Waals surface area contributed by atoms with Crippen LogP contribution in [0.25, 0.3) is 22.5 Å². The molecular formula is C16H20N8O. The second-order valence-electron chi connectivity index (χ2n) is 5.36. The van der Waals surface area contributed by atoms with Gasteiger partial charge in [0.05, 0.1) is 12.8 Å². The lowest BCUT2D eigenvalue weighted by Crippen LogP contribution is -2.14. The lowest BCUT2D eigenvalue weighted by Gasteiger charge is -2.07. The van der Waals surface area contributed by atoms with Crippen LogP contribution in [0.2, 0.25) is 0 Å². The van der Waals surface area contributed by atoms with Crippen molar-refractivity contribution in [1.82, 2.24) is 24.7 Å². The Bertz CT molecular complexity index is 876. The first-order valence-corrected chi connectivity index (χ1v) is 7.73. The molecular weight excluding hydrogens is 320 g/mol. The average Bonchev–Trinajstić information content (AvgIpc) is 3.02. The molecule has 0 unspecified atom stereocenters. The van der Waals surface area contributed by atoms with Crippen molar-refractivity contribution < 1.29 is 4.74 Å². The summed E-state index contributed by atoms with van der Waals surface area (Å²) in [6.45, 7) is 1.10. The normalized spacial score (nSPS) is 10.7. The number of aryl methyl sites for hydroxylation is 1. The lowest BCUT2D eigenvalue weighted by atomic mass is 10.1. The highest BCUT2D eigenvalue weighted by Gasteiger charge is 2.16. The van der Waals surface area contributed by atoms with Gasteiger partial charge < -0.3 is 21.5 Å². The summed E-state index contributed by atoms with van der Waals surface area (Å²) in [6, 6.07) is 3.64. The van der Waals surface area contributed by atoms with Crippen molar-refractivity contribution in [3.05, 3.63) is 30.7 Å². The van der Waals surface area contributed by atoms with Crippen LogP contribution in [0, 0.1) is 0 Å². The Morgan fingerprint density at radius 1 is 1.32 bits per heavy atom. The largest absolute Gasteiger partial charge is 0.493 e. The predicted molar refractivity (Wildman–Crippen MR) is 96.0 cm³/mol. The van der Waals surface area contributed by atoms with E-state index in [0.29, 0.717) is 30.6 Å². The maximum Gasteiger partial charge on any atom is 0.223 e. The number of anilines is 2. The quantitative estimate of drug-likeness (QED) is 0.603. The summed E-state index contributed by atoms with van der Waals surface area (Å²) >= 11 is 0. The Hall–Kier alpha value is -3.20. The van der Waals surface area contributed by atoms with Gasteiger partial charge in [0.1, 0.15) is 5.69 Å². The van der Waals surface area contributed by atoms with E-state index in [1.807, 2.05) is 25.4 Å². The van der Waals surface area contributed by atoms with Gasteiger partial charge in [-0.3, -0.25) is 4.68 Å². The summed E-state index contributed by atoms with van der Waals surface area (Å²) in [5.41, 5.74) is 14.4. The van der Waals surface area contributed by atoms with Gasteiger partial charge in [0.15, 0.2) is 11.6 Å². The van der Waals surface area contributed by atoms with Gasteiger partial charge in [0.25, 0.3) is 0 Å². The van der Waals surface area contributed by atoms with Crippen LogP contribution in [0.1, 0.15) is 0 Å². The van der Waals surface area contributed by atoms with Crippen molar-refractivity contribution in [3.63, 3.8) is 0 Å². The Kier molecular flexibility index (Phi) is 4.75. The molecule has 0 radical (unpaired) electrons.